The van der Waals surface area contributed by atoms with Crippen LogP contribution in [0, 0.1) is 5.92 Å². The summed E-state index contributed by atoms with van der Waals surface area (Å²) in [6.45, 7) is 0.981. The lowest BCUT2D eigenvalue weighted by Gasteiger charge is -2.07. The molecule has 3 heteroatoms. The highest BCUT2D eigenvalue weighted by Crippen LogP contribution is 2.25. The van der Waals surface area contributed by atoms with Gasteiger partial charge < -0.3 is 4.74 Å². The Kier molecular flexibility index (Phi) is 4.55. The van der Waals surface area contributed by atoms with E-state index in [1.807, 2.05) is 6.07 Å². The van der Waals surface area contributed by atoms with Gasteiger partial charge in [0, 0.05) is 17.2 Å². The number of thiophene rings is 1. The van der Waals surface area contributed by atoms with E-state index < -0.39 is 0 Å². The fourth-order valence-electron chi connectivity index (χ4n) is 2.17. The van der Waals surface area contributed by atoms with E-state index in [0.29, 0.717) is 24.9 Å². The molecule has 0 bridgehead atoms. The largest absolute Gasteiger partial charge is 0.373 e. The van der Waals surface area contributed by atoms with E-state index >= 15 is 0 Å². The van der Waals surface area contributed by atoms with Gasteiger partial charge in [0.2, 0.25) is 0 Å². The maximum Gasteiger partial charge on any atom is 0.161 e. The summed E-state index contributed by atoms with van der Waals surface area (Å²) >= 11 is 1.74. The van der Waals surface area contributed by atoms with Gasteiger partial charge in [-0.3, -0.25) is 4.79 Å². The van der Waals surface area contributed by atoms with Crippen molar-refractivity contribution in [2.45, 2.75) is 32.1 Å². The highest BCUT2D eigenvalue weighted by atomic mass is 32.1. The number of rotatable bonds is 6. The van der Waals surface area contributed by atoms with Gasteiger partial charge >= 0.3 is 0 Å². The van der Waals surface area contributed by atoms with Gasteiger partial charge in [0.25, 0.3) is 0 Å². The SMILES string of the molecule is O=C(COCCc1cccs1)C1CCCC1. The molecule has 0 aromatic carbocycles. The zero-order chi connectivity index (χ0) is 11.2. The standard InChI is InChI=1S/C13H18O2S/c14-13(11-4-1-2-5-11)10-15-8-7-12-6-3-9-16-12/h3,6,9,11H,1-2,4-5,7-8,10H2. The van der Waals surface area contributed by atoms with Crippen LogP contribution in [0.1, 0.15) is 30.6 Å². The van der Waals surface area contributed by atoms with Gasteiger partial charge in [-0.1, -0.05) is 18.9 Å². The van der Waals surface area contributed by atoms with Crippen LogP contribution >= 0.6 is 11.3 Å². The molecule has 0 radical (unpaired) electrons. The third-order valence-corrected chi connectivity index (χ3v) is 4.06. The second-order valence-electron chi connectivity index (χ2n) is 4.33. The van der Waals surface area contributed by atoms with Crippen LogP contribution in [0.3, 0.4) is 0 Å². The van der Waals surface area contributed by atoms with Crippen LogP contribution in [-0.2, 0) is 16.0 Å². The molecule has 0 aliphatic heterocycles. The minimum absolute atomic E-state index is 0.293. The molecule has 0 spiro atoms. The van der Waals surface area contributed by atoms with Crippen molar-refractivity contribution >= 4 is 17.1 Å². The third-order valence-electron chi connectivity index (χ3n) is 3.13. The van der Waals surface area contributed by atoms with Gasteiger partial charge in [-0.25, -0.2) is 0 Å². The van der Waals surface area contributed by atoms with Crippen molar-refractivity contribution in [3.8, 4) is 0 Å². The van der Waals surface area contributed by atoms with E-state index in [4.69, 9.17) is 4.74 Å². The summed E-state index contributed by atoms with van der Waals surface area (Å²) in [7, 11) is 0. The minimum atomic E-state index is 0.293. The van der Waals surface area contributed by atoms with Crippen molar-refractivity contribution in [3.63, 3.8) is 0 Å². The molecular formula is C13H18O2S. The first kappa shape index (κ1) is 11.8. The maximum atomic E-state index is 11.7. The molecule has 88 valence electrons. The fourth-order valence-corrected chi connectivity index (χ4v) is 2.86. The van der Waals surface area contributed by atoms with Gasteiger partial charge in [-0.05, 0) is 24.3 Å². The van der Waals surface area contributed by atoms with Crippen LogP contribution in [-0.4, -0.2) is 19.0 Å². The van der Waals surface area contributed by atoms with E-state index in [1.54, 1.807) is 11.3 Å². The van der Waals surface area contributed by atoms with Crippen LogP contribution in [0.5, 0.6) is 0 Å². The van der Waals surface area contributed by atoms with Gasteiger partial charge in [-0.15, -0.1) is 11.3 Å². The molecule has 1 aromatic heterocycles. The average Bonchev–Trinajstić information content (AvgIpc) is 2.96. The molecule has 1 aromatic rings. The molecule has 0 amide bonds. The Balaban J connectivity index is 1.59. The summed E-state index contributed by atoms with van der Waals surface area (Å²) in [6, 6.07) is 4.15. The summed E-state index contributed by atoms with van der Waals surface area (Å²) in [5.74, 6) is 0.602. The van der Waals surface area contributed by atoms with Gasteiger partial charge in [0.15, 0.2) is 5.78 Å². The predicted molar refractivity (Wildman–Crippen MR) is 65.8 cm³/mol. The molecule has 1 aliphatic carbocycles. The zero-order valence-electron chi connectivity index (χ0n) is 9.48. The molecule has 0 atom stereocenters. The van der Waals surface area contributed by atoms with Crippen molar-refractivity contribution in [1.82, 2.24) is 0 Å². The first-order valence-corrected chi connectivity index (χ1v) is 6.87. The quantitative estimate of drug-likeness (QED) is 0.712. The number of ether oxygens (including phenoxy) is 1. The number of Topliss-reactive ketones (excluding diaryl/α,β-unsaturated/α-hetero) is 1. The number of ketones is 1. The highest BCUT2D eigenvalue weighted by molar-refractivity contribution is 7.09. The van der Waals surface area contributed by atoms with Crippen molar-refractivity contribution in [2.75, 3.05) is 13.2 Å². The van der Waals surface area contributed by atoms with E-state index in [0.717, 1.165) is 19.3 Å². The lowest BCUT2D eigenvalue weighted by molar-refractivity contribution is -0.127. The van der Waals surface area contributed by atoms with Crippen molar-refractivity contribution in [2.24, 2.45) is 5.92 Å². The van der Waals surface area contributed by atoms with Gasteiger partial charge in [0.05, 0.1) is 6.61 Å². The third kappa shape index (κ3) is 3.42. The Bertz CT molecular complexity index is 313. The zero-order valence-corrected chi connectivity index (χ0v) is 10.3. The van der Waals surface area contributed by atoms with E-state index in [9.17, 15) is 4.79 Å². The first-order valence-electron chi connectivity index (χ1n) is 5.99. The Morgan fingerprint density at radius 1 is 1.44 bits per heavy atom. The number of hydrogen-bond donors (Lipinski definition) is 0. The smallest absolute Gasteiger partial charge is 0.161 e. The molecule has 2 rings (SSSR count). The first-order chi connectivity index (χ1) is 7.86. The molecular weight excluding hydrogens is 220 g/mol. The molecule has 0 saturated heterocycles. The highest BCUT2D eigenvalue weighted by Gasteiger charge is 2.22. The topological polar surface area (TPSA) is 26.3 Å². The summed E-state index contributed by atoms with van der Waals surface area (Å²) in [5, 5.41) is 2.07. The number of hydrogen-bond acceptors (Lipinski definition) is 3. The summed E-state index contributed by atoms with van der Waals surface area (Å²) in [6.07, 6.45) is 5.51. The molecule has 0 N–H and O–H groups in total. The van der Waals surface area contributed by atoms with Crippen molar-refractivity contribution < 1.29 is 9.53 Å². The van der Waals surface area contributed by atoms with Crippen LogP contribution in [0.4, 0.5) is 0 Å². The Labute approximate surface area is 101 Å². The fraction of sp³-hybridized carbons (Fsp3) is 0.615. The van der Waals surface area contributed by atoms with E-state index in [-0.39, 0.29) is 0 Å². The number of carbonyl (C=O) groups excluding carboxylic acids is 1. The lowest BCUT2D eigenvalue weighted by Crippen LogP contribution is -2.18. The maximum absolute atomic E-state index is 11.7. The second kappa shape index (κ2) is 6.16. The lowest BCUT2D eigenvalue weighted by atomic mass is 10.0. The summed E-state index contributed by atoms with van der Waals surface area (Å²) < 4.78 is 5.44. The average molecular weight is 238 g/mol. The molecule has 1 fully saturated rings. The van der Waals surface area contributed by atoms with Crippen LogP contribution in [0.2, 0.25) is 0 Å². The van der Waals surface area contributed by atoms with E-state index in [2.05, 4.69) is 11.4 Å². The van der Waals surface area contributed by atoms with Crippen LogP contribution in [0.25, 0.3) is 0 Å². The predicted octanol–water partition coefficient (Wildman–Crippen LogP) is 3.07. The van der Waals surface area contributed by atoms with Crippen LogP contribution in [0.15, 0.2) is 17.5 Å². The Morgan fingerprint density at radius 3 is 2.94 bits per heavy atom. The monoisotopic (exact) mass is 238 g/mol. The Morgan fingerprint density at radius 2 is 2.25 bits per heavy atom. The summed E-state index contributed by atoms with van der Waals surface area (Å²) in [4.78, 5) is 13.0. The van der Waals surface area contributed by atoms with Gasteiger partial charge in [0.1, 0.15) is 6.61 Å². The Hall–Kier alpha value is -0.670. The molecule has 1 aliphatic rings. The molecule has 1 saturated carbocycles. The molecule has 2 nitrogen and oxygen atoms in total. The normalized spacial score (nSPS) is 16.8. The van der Waals surface area contributed by atoms with E-state index in [1.165, 1.54) is 17.7 Å². The van der Waals surface area contributed by atoms with Crippen LogP contribution < -0.4 is 0 Å². The van der Waals surface area contributed by atoms with Crippen molar-refractivity contribution in [3.05, 3.63) is 22.4 Å². The molecule has 1 heterocycles. The molecule has 0 unspecified atom stereocenters. The molecule has 16 heavy (non-hydrogen) atoms. The van der Waals surface area contributed by atoms with Crippen molar-refractivity contribution in [1.29, 1.82) is 0 Å². The van der Waals surface area contributed by atoms with Gasteiger partial charge in [-0.2, -0.15) is 0 Å². The minimum Gasteiger partial charge on any atom is -0.373 e. The second-order valence-corrected chi connectivity index (χ2v) is 5.36. The number of carbonyl (C=O) groups is 1. The summed E-state index contributed by atoms with van der Waals surface area (Å²) in [5.41, 5.74) is 0.